The number of hydrogen-bond donors (Lipinski definition) is 2. The van der Waals surface area contributed by atoms with Crippen molar-refractivity contribution in [2.75, 3.05) is 19.6 Å². The van der Waals surface area contributed by atoms with Gasteiger partial charge in [0.05, 0.1) is 13.1 Å². The molecule has 5 nitrogen and oxygen atoms in total. The zero-order valence-corrected chi connectivity index (χ0v) is 13.8. The number of aliphatic hydroxyl groups is 1. The van der Waals surface area contributed by atoms with Gasteiger partial charge in [-0.15, -0.1) is 0 Å². The van der Waals surface area contributed by atoms with E-state index in [2.05, 4.69) is 6.92 Å². The SMILES string of the molecule is CC1CCC(CN)(C2(O)CN(C(=O)OC(C)(C)C)C2)CC1. The van der Waals surface area contributed by atoms with E-state index in [1.807, 2.05) is 20.8 Å². The zero-order chi connectivity index (χ0) is 15.9. The summed E-state index contributed by atoms with van der Waals surface area (Å²) in [7, 11) is 0. The average molecular weight is 298 g/mol. The molecule has 0 aromatic carbocycles. The molecule has 1 aliphatic carbocycles. The lowest BCUT2D eigenvalue weighted by Gasteiger charge is -2.58. The van der Waals surface area contributed by atoms with Crippen LogP contribution in [0.2, 0.25) is 0 Å². The summed E-state index contributed by atoms with van der Waals surface area (Å²) in [6, 6.07) is 0. The molecule has 0 bridgehead atoms. The van der Waals surface area contributed by atoms with Gasteiger partial charge in [0.1, 0.15) is 11.2 Å². The fraction of sp³-hybridized carbons (Fsp3) is 0.938. The molecule has 2 rings (SSSR count). The van der Waals surface area contributed by atoms with E-state index in [0.29, 0.717) is 25.6 Å². The van der Waals surface area contributed by atoms with Gasteiger partial charge in [-0.25, -0.2) is 4.79 Å². The average Bonchev–Trinajstić information content (AvgIpc) is 2.34. The molecule has 0 aromatic rings. The van der Waals surface area contributed by atoms with E-state index >= 15 is 0 Å². The summed E-state index contributed by atoms with van der Waals surface area (Å²) >= 11 is 0. The molecule has 0 aromatic heterocycles. The smallest absolute Gasteiger partial charge is 0.410 e. The van der Waals surface area contributed by atoms with E-state index in [-0.39, 0.29) is 11.5 Å². The minimum absolute atomic E-state index is 0.238. The first-order chi connectivity index (χ1) is 9.61. The zero-order valence-electron chi connectivity index (χ0n) is 13.8. The van der Waals surface area contributed by atoms with Crippen molar-refractivity contribution in [2.45, 2.75) is 64.6 Å². The van der Waals surface area contributed by atoms with E-state index in [1.54, 1.807) is 4.90 Å². The molecule has 21 heavy (non-hydrogen) atoms. The Labute approximate surface area is 127 Å². The van der Waals surface area contributed by atoms with Crippen LogP contribution < -0.4 is 5.73 Å². The number of ether oxygens (including phenoxy) is 1. The maximum Gasteiger partial charge on any atom is 0.410 e. The summed E-state index contributed by atoms with van der Waals surface area (Å²) in [5.74, 6) is 0.704. The second-order valence-electron chi connectivity index (χ2n) is 8.03. The highest BCUT2D eigenvalue weighted by Crippen LogP contribution is 2.49. The standard InChI is InChI=1S/C16H30N2O3/c1-12-5-7-15(9-17,8-6-12)16(20)10-18(11-16)13(19)21-14(2,3)4/h12,20H,5-11,17H2,1-4H3. The van der Waals surface area contributed by atoms with Gasteiger partial charge in [-0.1, -0.05) is 19.8 Å². The van der Waals surface area contributed by atoms with Crippen LogP contribution in [0.1, 0.15) is 53.4 Å². The molecule has 2 aliphatic rings. The van der Waals surface area contributed by atoms with Crippen molar-refractivity contribution in [1.82, 2.24) is 4.90 Å². The number of amides is 1. The lowest BCUT2D eigenvalue weighted by molar-refractivity contribution is -0.183. The Kier molecular flexibility index (Phi) is 4.28. The fourth-order valence-electron chi connectivity index (χ4n) is 3.55. The minimum Gasteiger partial charge on any atom is -0.444 e. The van der Waals surface area contributed by atoms with Gasteiger partial charge in [0.2, 0.25) is 0 Å². The summed E-state index contributed by atoms with van der Waals surface area (Å²) in [6.07, 6.45) is 3.76. The van der Waals surface area contributed by atoms with Gasteiger partial charge >= 0.3 is 6.09 Å². The Bertz CT molecular complexity index is 389. The summed E-state index contributed by atoms with van der Waals surface area (Å²) in [6.45, 7) is 8.96. The fourth-order valence-corrected chi connectivity index (χ4v) is 3.55. The van der Waals surface area contributed by atoms with Crippen LogP contribution in [0.3, 0.4) is 0 Å². The van der Waals surface area contributed by atoms with E-state index in [0.717, 1.165) is 25.7 Å². The normalized spacial score (nSPS) is 32.5. The van der Waals surface area contributed by atoms with E-state index in [4.69, 9.17) is 10.5 Å². The van der Waals surface area contributed by atoms with Crippen molar-refractivity contribution >= 4 is 6.09 Å². The first-order valence-corrected chi connectivity index (χ1v) is 8.01. The van der Waals surface area contributed by atoms with Gasteiger partial charge in [0.15, 0.2) is 0 Å². The highest BCUT2D eigenvalue weighted by molar-refractivity contribution is 5.69. The first kappa shape index (κ1) is 16.6. The number of nitrogens with two attached hydrogens (primary N) is 1. The highest BCUT2D eigenvalue weighted by atomic mass is 16.6. The monoisotopic (exact) mass is 298 g/mol. The molecule has 122 valence electrons. The van der Waals surface area contributed by atoms with Crippen LogP contribution in [-0.2, 0) is 4.74 Å². The molecule has 1 saturated heterocycles. The van der Waals surface area contributed by atoms with E-state index in [9.17, 15) is 9.90 Å². The summed E-state index contributed by atoms with van der Waals surface area (Å²) in [4.78, 5) is 13.6. The third-order valence-corrected chi connectivity index (χ3v) is 5.17. The summed E-state index contributed by atoms with van der Waals surface area (Å²) < 4.78 is 5.35. The molecule has 1 aliphatic heterocycles. The Morgan fingerprint density at radius 2 is 1.86 bits per heavy atom. The maximum atomic E-state index is 12.0. The first-order valence-electron chi connectivity index (χ1n) is 8.01. The van der Waals surface area contributed by atoms with Crippen molar-refractivity contribution < 1.29 is 14.6 Å². The quantitative estimate of drug-likeness (QED) is 0.819. The van der Waals surface area contributed by atoms with Crippen molar-refractivity contribution in [3.8, 4) is 0 Å². The number of rotatable bonds is 2. The van der Waals surface area contributed by atoms with Gasteiger partial charge < -0.3 is 20.5 Å². The van der Waals surface area contributed by atoms with Crippen LogP contribution in [0.15, 0.2) is 0 Å². The van der Waals surface area contributed by atoms with Crippen LogP contribution in [0.5, 0.6) is 0 Å². The van der Waals surface area contributed by atoms with Crippen LogP contribution >= 0.6 is 0 Å². The number of β-amino-alcohol motifs (C(OH)–C–C–N with tert-alkyl or cyclic N) is 1. The Balaban J connectivity index is 1.98. The Hall–Kier alpha value is -0.810. The van der Waals surface area contributed by atoms with Crippen molar-refractivity contribution in [1.29, 1.82) is 0 Å². The molecule has 1 amide bonds. The third kappa shape index (κ3) is 3.19. The summed E-state index contributed by atoms with van der Waals surface area (Å²) in [5.41, 5.74) is 4.42. The molecule has 0 atom stereocenters. The van der Waals surface area contributed by atoms with Crippen molar-refractivity contribution in [3.63, 3.8) is 0 Å². The largest absolute Gasteiger partial charge is 0.444 e. The Morgan fingerprint density at radius 3 is 2.29 bits per heavy atom. The molecule has 0 spiro atoms. The predicted molar refractivity (Wildman–Crippen MR) is 81.9 cm³/mol. The Morgan fingerprint density at radius 1 is 1.33 bits per heavy atom. The predicted octanol–water partition coefficient (Wildman–Crippen LogP) is 2.12. The van der Waals surface area contributed by atoms with Gasteiger partial charge in [-0.2, -0.15) is 0 Å². The number of nitrogens with zero attached hydrogens (tertiary/aromatic N) is 1. The molecular formula is C16H30N2O3. The van der Waals surface area contributed by atoms with Crippen LogP contribution in [0, 0.1) is 11.3 Å². The van der Waals surface area contributed by atoms with E-state index < -0.39 is 11.2 Å². The van der Waals surface area contributed by atoms with Gasteiger partial charge in [0, 0.05) is 12.0 Å². The number of hydrogen-bond acceptors (Lipinski definition) is 4. The topological polar surface area (TPSA) is 75.8 Å². The highest BCUT2D eigenvalue weighted by Gasteiger charge is 2.58. The molecule has 1 heterocycles. The molecular weight excluding hydrogens is 268 g/mol. The summed E-state index contributed by atoms with van der Waals surface area (Å²) in [5, 5.41) is 11.0. The number of likely N-dealkylation sites (tertiary alicyclic amines) is 1. The molecule has 5 heteroatoms. The lowest BCUT2D eigenvalue weighted by atomic mass is 9.59. The van der Waals surface area contributed by atoms with Crippen LogP contribution in [0.25, 0.3) is 0 Å². The second-order valence-corrected chi connectivity index (χ2v) is 8.03. The van der Waals surface area contributed by atoms with Gasteiger partial charge in [-0.3, -0.25) is 0 Å². The molecule has 2 fully saturated rings. The lowest BCUT2D eigenvalue weighted by Crippen LogP contribution is -2.73. The maximum absolute atomic E-state index is 12.0. The van der Waals surface area contributed by atoms with Crippen LogP contribution in [0.4, 0.5) is 4.79 Å². The molecule has 1 saturated carbocycles. The van der Waals surface area contributed by atoms with Gasteiger partial charge in [-0.05, 0) is 39.5 Å². The van der Waals surface area contributed by atoms with Crippen molar-refractivity contribution in [2.24, 2.45) is 17.1 Å². The molecule has 0 radical (unpaired) electrons. The molecule has 0 unspecified atom stereocenters. The van der Waals surface area contributed by atoms with Crippen LogP contribution in [-0.4, -0.2) is 46.9 Å². The number of carbonyl (C=O) groups excluding carboxylic acids is 1. The van der Waals surface area contributed by atoms with Gasteiger partial charge in [0.25, 0.3) is 0 Å². The van der Waals surface area contributed by atoms with E-state index in [1.165, 1.54) is 0 Å². The number of carbonyl (C=O) groups is 1. The molecule has 3 N–H and O–H groups in total. The third-order valence-electron chi connectivity index (χ3n) is 5.17. The second kappa shape index (κ2) is 5.43. The minimum atomic E-state index is -0.848. The van der Waals surface area contributed by atoms with Crippen molar-refractivity contribution in [3.05, 3.63) is 0 Å².